The molecule has 2 saturated heterocycles. The Labute approximate surface area is 203 Å². The van der Waals surface area contributed by atoms with Gasteiger partial charge in [0, 0.05) is 12.3 Å². The molecule has 0 saturated carbocycles. The van der Waals surface area contributed by atoms with E-state index in [0.29, 0.717) is 0 Å². The zero-order chi connectivity index (χ0) is 24.8. The highest BCUT2D eigenvalue weighted by molar-refractivity contribution is 6.99. The van der Waals surface area contributed by atoms with Crippen LogP contribution in [-0.4, -0.2) is 49.0 Å². The Morgan fingerprint density at radius 1 is 1.06 bits per heavy atom. The molecule has 0 unspecified atom stereocenters. The summed E-state index contributed by atoms with van der Waals surface area (Å²) in [5.41, 5.74) is -2.31. The first kappa shape index (κ1) is 23.9. The largest absolute Gasteiger partial charge is 0.404 e. The lowest BCUT2D eigenvalue weighted by Crippen LogP contribution is -2.70. The number of aromatic amines is 1. The molecule has 7 nitrogen and oxygen atoms in total. The average Bonchev–Trinajstić information content (AvgIpc) is 3.00. The molecule has 2 fully saturated rings. The minimum absolute atomic E-state index is 0.111. The zero-order valence-electron chi connectivity index (χ0n) is 19.9. The highest BCUT2D eigenvalue weighted by Gasteiger charge is 2.65. The van der Waals surface area contributed by atoms with Gasteiger partial charge in [-0.25, -0.2) is 9.18 Å². The highest BCUT2D eigenvalue weighted by Crippen LogP contribution is 2.48. The van der Waals surface area contributed by atoms with Gasteiger partial charge in [0.05, 0.1) is 13.2 Å². The maximum atomic E-state index is 15.4. The number of ether oxygens (including phenoxy) is 2. The Morgan fingerprint density at radius 3 is 2.14 bits per heavy atom. The number of benzene rings is 2. The summed E-state index contributed by atoms with van der Waals surface area (Å²) in [6, 6.07) is 21.5. The van der Waals surface area contributed by atoms with Gasteiger partial charge in [0.15, 0.2) is 12.4 Å². The van der Waals surface area contributed by atoms with Crippen LogP contribution in [-0.2, 0) is 13.9 Å². The van der Waals surface area contributed by atoms with Crippen molar-refractivity contribution >= 4 is 18.7 Å². The Morgan fingerprint density at radius 2 is 1.66 bits per heavy atom. The minimum atomic E-state index is -2.88. The fourth-order valence-corrected chi connectivity index (χ4v) is 9.91. The van der Waals surface area contributed by atoms with Crippen molar-refractivity contribution in [2.45, 2.75) is 49.9 Å². The first-order valence-corrected chi connectivity index (χ1v) is 13.6. The van der Waals surface area contributed by atoms with Crippen molar-refractivity contribution in [2.24, 2.45) is 0 Å². The fourth-order valence-electron chi connectivity index (χ4n) is 5.29. The van der Waals surface area contributed by atoms with Crippen molar-refractivity contribution in [3.05, 3.63) is 93.8 Å². The van der Waals surface area contributed by atoms with Crippen LogP contribution in [0.15, 0.2) is 82.5 Å². The van der Waals surface area contributed by atoms with E-state index >= 15 is 4.39 Å². The monoisotopic (exact) mass is 496 g/mol. The van der Waals surface area contributed by atoms with Crippen LogP contribution in [0.3, 0.4) is 0 Å². The van der Waals surface area contributed by atoms with Gasteiger partial charge in [0.25, 0.3) is 13.9 Å². The molecule has 0 radical (unpaired) electrons. The predicted molar refractivity (Wildman–Crippen MR) is 132 cm³/mol. The van der Waals surface area contributed by atoms with Crippen LogP contribution < -0.4 is 21.6 Å². The van der Waals surface area contributed by atoms with Crippen LogP contribution >= 0.6 is 0 Å². The quantitative estimate of drug-likeness (QED) is 0.529. The molecule has 2 aromatic carbocycles. The van der Waals surface area contributed by atoms with E-state index in [1.807, 2.05) is 36.4 Å². The van der Waals surface area contributed by atoms with Gasteiger partial charge in [-0.3, -0.25) is 14.3 Å². The van der Waals surface area contributed by atoms with Crippen molar-refractivity contribution in [2.75, 3.05) is 13.2 Å². The number of aromatic nitrogens is 2. The fraction of sp³-hybridized carbons (Fsp3) is 0.385. The molecule has 5 rings (SSSR count). The SMILES string of the molecule is CC(C)(C)[Si](OC[C@]12CO[C@H]1[C@@H](F)[C@H](n1ccc(=O)[nH]c1=O)O2)(c1ccccc1)c1ccccc1. The summed E-state index contributed by atoms with van der Waals surface area (Å²) < 4.78 is 35.3. The van der Waals surface area contributed by atoms with Gasteiger partial charge in [0.1, 0.15) is 11.7 Å². The Kier molecular flexibility index (Phi) is 5.91. The van der Waals surface area contributed by atoms with Crippen molar-refractivity contribution in [1.29, 1.82) is 0 Å². The lowest BCUT2D eigenvalue weighted by Gasteiger charge is -2.48. The molecular formula is C26H29FN2O5Si. The Bertz CT molecular complexity index is 1270. The van der Waals surface area contributed by atoms with E-state index in [1.165, 1.54) is 12.3 Å². The van der Waals surface area contributed by atoms with Crippen LogP contribution in [0.2, 0.25) is 5.04 Å². The third kappa shape index (κ3) is 3.83. The topological polar surface area (TPSA) is 82.5 Å². The second-order valence-electron chi connectivity index (χ2n) is 10.2. The lowest BCUT2D eigenvalue weighted by atomic mass is 9.92. The summed E-state index contributed by atoms with van der Waals surface area (Å²) in [7, 11) is -2.88. The van der Waals surface area contributed by atoms with Crippen LogP contribution in [0.25, 0.3) is 0 Å². The number of nitrogens with one attached hydrogen (secondary N) is 1. The number of fused-ring (bicyclic) bond motifs is 1. The van der Waals surface area contributed by atoms with E-state index in [1.54, 1.807) is 0 Å². The van der Waals surface area contributed by atoms with Gasteiger partial charge in [0.2, 0.25) is 0 Å². The number of hydrogen-bond donors (Lipinski definition) is 1. The molecule has 3 aromatic rings. The molecule has 2 aliphatic rings. The van der Waals surface area contributed by atoms with E-state index in [-0.39, 0.29) is 18.3 Å². The number of hydrogen-bond acceptors (Lipinski definition) is 5. The molecule has 4 atom stereocenters. The number of alkyl halides is 1. The van der Waals surface area contributed by atoms with Gasteiger partial charge < -0.3 is 13.9 Å². The predicted octanol–water partition coefficient (Wildman–Crippen LogP) is 2.12. The van der Waals surface area contributed by atoms with Crippen LogP contribution in [0.4, 0.5) is 4.39 Å². The molecular weight excluding hydrogens is 467 g/mol. The molecule has 0 bridgehead atoms. The van der Waals surface area contributed by atoms with E-state index < -0.39 is 43.7 Å². The van der Waals surface area contributed by atoms with Crippen molar-refractivity contribution in [3.8, 4) is 0 Å². The van der Waals surface area contributed by atoms with Crippen LogP contribution in [0, 0.1) is 0 Å². The first-order valence-electron chi connectivity index (χ1n) is 11.7. The van der Waals surface area contributed by atoms with Crippen molar-refractivity contribution < 1.29 is 18.3 Å². The van der Waals surface area contributed by atoms with Crippen molar-refractivity contribution in [1.82, 2.24) is 9.55 Å². The summed E-state index contributed by atoms with van der Waals surface area (Å²) in [6.45, 7) is 6.77. The molecule has 1 N–H and O–H groups in total. The van der Waals surface area contributed by atoms with E-state index in [0.717, 1.165) is 14.9 Å². The Balaban J connectivity index is 1.52. The number of halogens is 1. The van der Waals surface area contributed by atoms with Crippen LogP contribution in [0.1, 0.15) is 27.0 Å². The number of rotatable bonds is 6. The molecule has 0 spiro atoms. The average molecular weight is 497 g/mol. The maximum absolute atomic E-state index is 15.4. The zero-order valence-corrected chi connectivity index (χ0v) is 20.9. The van der Waals surface area contributed by atoms with Gasteiger partial charge >= 0.3 is 5.69 Å². The van der Waals surface area contributed by atoms with Gasteiger partial charge in [-0.05, 0) is 15.4 Å². The molecule has 3 heterocycles. The molecule has 0 amide bonds. The summed E-state index contributed by atoms with van der Waals surface area (Å²) in [5.74, 6) is 0. The van der Waals surface area contributed by atoms with Gasteiger partial charge in [-0.15, -0.1) is 0 Å². The van der Waals surface area contributed by atoms with Crippen LogP contribution in [0.5, 0.6) is 0 Å². The number of H-pyrrole nitrogens is 1. The second kappa shape index (κ2) is 8.67. The van der Waals surface area contributed by atoms with E-state index in [9.17, 15) is 9.59 Å². The molecule has 0 aliphatic carbocycles. The third-order valence-electron chi connectivity index (χ3n) is 7.02. The lowest BCUT2D eigenvalue weighted by molar-refractivity contribution is -0.242. The molecule has 9 heteroatoms. The minimum Gasteiger partial charge on any atom is -0.404 e. The Hall–Kier alpha value is -2.85. The summed E-state index contributed by atoms with van der Waals surface area (Å²) >= 11 is 0. The first-order chi connectivity index (χ1) is 16.7. The van der Waals surface area contributed by atoms with E-state index in [4.69, 9.17) is 13.9 Å². The van der Waals surface area contributed by atoms with E-state index in [2.05, 4.69) is 50.0 Å². The summed E-state index contributed by atoms with van der Waals surface area (Å²) in [6.07, 6.45) is -2.42. The molecule has 2 aliphatic heterocycles. The highest BCUT2D eigenvalue weighted by atomic mass is 28.4. The van der Waals surface area contributed by atoms with Gasteiger partial charge in [-0.2, -0.15) is 0 Å². The molecule has 35 heavy (non-hydrogen) atoms. The second-order valence-corrected chi connectivity index (χ2v) is 14.5. The standard InChI is InChI=1S/C26H29FN2O5Si/c1-25(2,3)35(18-10-6-4-7-11-18,19-12-8-5-9-13-19)33-17-26-16-32-22(26)21(27)23(34-26)29-15-14-20(30)28-24(29)31/h4-15,21-23H,16-17H2,1-3H3,(H,28,30,31)/t21-,22+,23-,26-/m1/s1. The normalized spacial score (nSPS) is 26.2. The summed E-state index contributed by atoms with van der Waals surface area (Å²) in [4.78, 5) is 26.0. The molecule has 184 valence electrons. The maximum Gasteiger partial charge on any atom is 0.330 e. The van der Waals surface area contributed by atoms with Crippen molar-refractivity contribution in [3.63, 3.8) is 0 Å². The smallest absolute Gasteiger partial charge is 0.330 e. The number of nitrogens with zero attached hydrogens (tertiary/aromatic N) is 1. The van der Waals surface area contributed by atoms with Gasteiger partial charge in [-0.1, -0.05) is 81.4 Å². The third-order valence-corrected chi connectivity index (χ3v) is 12.0. The summed E-state index contributed by atoms with van der Waals surface area (Å²) in [5, 5.41) is 1.96. The molecule has 1 aromatic heterocycles.